The van der Waals surface area contributed by atoms with E-state index in [0.29, 0.717) is 5.25 Å². The van der Waals surface area contributed by atoms with Gasteiger partial charge in [0.25, 0.3) is 5.69 Å². The molecule has 1 aliphatic rings. The van der Waals surface area contributed by atoms with Gasteiger partial charge in [-0.3, -0.25) is 10.1 Å². The Morgan fingerprint density at radius 2 is 2.19 bits per heavy atom. The van der Waals surface area contributed by atoms with Crippen molar-refractivity contribution in [1.29, 1.82) is 0 Å². The zero-order valence-corrected chi connectivity index (χ0v) is 13.6. The van der Waals surface area contributed by atoms with Gasteiger partial charge in [0.1, 0.15) is 0 Å². The molecule has 21 heavy (non-hydrogen) atoms. The van der Waals surface area contributed by atoms with Crippen molar-refractivity contribution in [2.75, 3.05) is 11.9 Å². The first kappa shape index (κ1) is 16.1. The van der Waals surface area contributed by atoms with Crippen molar-refractivity contribution in [2.24, 2.45) is 5.92 Å². The smallest absolute Gasteiger partial charge is 0.272 e. The Hall–Kier alpha value is -1.23. The molecule has 0 aliphatic heterocycles. The standard InChI is InChI=1S/C16H24N2O2S/c1-3-7-17-13-9-14(18(19)20)11-16(10-13)21-15-6-4-5-12(2)8-15/h9-12,15,17H,3-8H2,1-2H3. The van der Waals surface area contributed by atoms with E-state index in [0.717, 1.165) is 29.5 Å². The third-order valence-electron chi connectivity index (χ3n) is 3.87. The molecule has 0 bridgehead atoms. The van der Waals surface area contributed by atoms with E-state index in [4.69, 9.17) is 0 Å². The summed E-state index contributed by atoms with van der Waals surface area (Å²) < 4.78 is 0. The molecule has 0 heterocycles. The second-order valence-corrected chi connectivity index (χ2v) is 7.28. The molecule has 1 aliphatic carbocycles. The Kier molecular flexibility index (Phi) is 5.91. The molecule has 4 nitrogen and oxygen atoms in total. The first-order valence-corrected chi connectivity index (χ1v) is 8.66. The lowest BCUT2D eigenvalue weighted by Crippen LogP contribution is -2.14. The fourth-order valence-electron chi connectivity index (χ4n) is 2.81. The maximum Gasteiger partial charge on any atom is 0.272 e. The van der Waals surface area contributed by atoms with Crippen LogP contribution in [0.1, 0.15) is 46.0 Å². The average Bonchev–Trinajstić information content (AvgIpc) is 2.45. The molecule has 0 saturated heterocycles. The number of benzene rings is 1. The van der Waals surface area contributed by atoms with E-state index in [1.165, 1.54) is 25.7 Å². The van der Waals surface area contributed by atoms with E-state index in [1.807, 2.05) is 6.07 Å². The largest absolute Gasteiger partial charge is 0.385 e. The molecule has 0 aromatic heterocycles. The first-order chi connectivity index (χ1) is 10.1. The summed E-state index contributed by atoms with van der Waals surface area (Å²) in [5, 5.41) is 14.9. The van der Waals surface area contributed by atoms with E-state index in [1.54, 1.807) is 23.9 Å². The van der Waals surface area contributed by atoms with Crippen molar-refractivity contribution in [3.05, 3.63) is 28.3 Å². The highest BCUT2D eigenvalue weighted by atomic mass is 32.2. The summed E-state index contributed by atoms with van der Waals surface area (Å²) in [6.45, 7) is 5.23. The Morgan fingerprint density at radius 1 is 1.38 bits per heavy atom. The Morgan fingerprint density at radius 3 is 2.86 bits per heavy atom. The van der Waals surface area contributed by atoms with Crippen molar-refractivity contribution in [3.8, 4) is 0 Å². The number of rotatable bonds is 6. The third-order valence-corrected chi connectivity index (χ3v) is 5.14. The highest BCUT2D eigenvalue weighted by Crippen LogP contribution is 2.38. The Bertz CT molecular complexity index is 493. The van der Waals surface area contributed by atoms with E-state index in [-0.39, 0.29) is 10.6 Å². The first-order valence-electron chi connectivity index (χ1n) is 7.78. The molecule has 0 amide bonds. The molecule has 2 unspecified atom stereocenters. The molecule has 2 rings (SSSR count). The van der Waals surface area contributed by atoms with Crippen LogP contribution in [0.4, 0.5) is 11.4 Å². The number of nitro benzene ring substituents is 1. The third kappa shape index (κ3) is 4.92. The van der Waals surface area contributed by atoms with Gasteiger partial charge in [0.2, 0.25) is 0 Å². The minimum atomic E-state index is -0.301. The van der Waals surface area contributed by atoms with Crippen LogP contribution in [0.25, 0.3) is 0 Å². The van der Waals surface area contributed by atoms with Crippen LogP contribution in [0.2, 0.25) is 0 Å². The molecule has 1 fully saturated rings. The maximum atomic E-state index is 11.1. The van der Waals surface area contributed by atoms with Crippen molar-refractivity contribution >= 4 is 23.1 Å². The highest BCUT2D eigenvalue weighted by molar-refractivity contribution is 8.00. The lowest BCUT2D eigenvalue weighted by Gasteiger charge is -2.26. The van der Waals surface area contributed by atoms with Crippen molar-refractivity contribution in [2.45, 2.75) is 56.1 Å². The van der Waals surface area contributed by atoms with Gasteiger partial charge in [0.05, 0.1) is 4.92 Å². The maximum absolute atomic E-state index is 11.1. The summed E-state index contributed by atoms with van der Waals surface area (Å²) in [5.74, 6) is 0.771. The van der Waals surface area contributed by atoms with Crippen LogP contribution in [-0.4, -0.2) is 16.7 Å². The quantitative estimate of drug-likeness (QED) is 0.587. The summed E-state index contributed by atoms with van der Waals surface area (Å²) >= 11 is 1.80. The molecule has 1 aromatic carbocycles. The summed E-state index contributed by atoms with van der Waals surface area (Å²) in [6, 6.07) is 5.39. The Labute approximate surface area is 130 Å². The van der Waals surface area contributed by atoms with E-state index < -0.39 is 0 Å². The molecule has 0 radical (unpaired) electrons. The number of nitro groups is 1. The van der Waals surface area contributed by atoms with Crippen molar-refractivity contribution in [1.82, 2.24) is 0 Å². The minimum Gasteiger partial charge on any atom is -0.385 e. The second kappa shape index (κ2) is 7.69. The molecular formula is C16H24N2O2S. The SMILES string of the molecule is CCCNc1cc(SC2CCCC(C)C2)cc([N+](=O)[O-])c1. The van der Waals surface area contributed by atoms with E-state index >= 15 is 0 Å². The average molecular weight is 308 g/mol. The van der Waals surface area contributed by atoms with E-state index in [2.05, 4.69) is 19.2 Å². The van der Waals surface area contributed by atoms with Crippen molar-refractivity contribution < 1.29 is 4.92 Å². The molecule has 5 heteroatoms. The summed E-state index contributed by atoms with van der Waals surface area (Å²) in [6.07, 6.45) is 6.02. The van der Waals surface area contributed by atoms with E-state index in [9.17, 15) is 10.1 Å². The molecule has 2 atom stereocenters. The molecule has 1 N–H and O–H groups in total. The number of hydrogen-bond acceptors (Lipinski definition) is 4. The molecule has 0 spiro atoms. The van der Waals surface area contributed by atoms with Crippen LogP contribution < -0.4 is 5.32 Å². The lowest BCUT2D eigenvalue weighted by molar-refractivity contribution is -0.385. The monoisotopic (exact) mass is 308 g/mol. The zero-order chi connectivity index (χ0) is 15.2. The normalized spacial score (nSPS) is 22.0. The van der Waals surface area contributed by atoms with Crippen LogP contribution in [0.3, 0.4) is 0 Å². The number of thioether (sulfide) groups is 1. The molecular weight excluding hydrogens is 284 g/mol. The van der Waals surface area contributed by atoms with Crippen LogP contribution in [-0.2, 0) is 0 Å². The van der Waals surface area contributed by atoms with Gasteiger partial charge in [0.15, 0.2) is 0 Å². The van der Waals surface area contributed by atoms with Gasteiger partial charge in [-0.05, 0) is 31.2 Å². The zero-order valence-electron chi connectivity index (χ0n) is 12.8. The number of non-ortho nitro benzene ring substituents is 1. The predicted octanol–water partition coefficient (Wildman–Crippen LogP) is 5.09. The molecule has 116 valence electrons. The fourth-order valence-corrected chi connectivity index (χ4v) is 4.28. The summed E-state index contributed by atoms with van der Waals surface area (Å²) in [5.41, 5.74) is 1.04. The van der Waals surface area contributed by atoms with Gasteiger partial charge in [0, 0.05) is 34.5 Å². The predicted molar refractivity (Wildman–Crippen MR) is 89.2 cm³/mol. The van der Waals surface area contributed by atoms with Crippen LogP contribution >= 0.6 is 11.8 Å². The van der Waals surface area contributed by atoms with Crippen LogP contribution in [0.15, 0.2) is 23.1 Å². The fraction of sp³-hybridized carbons (Fsp3) is 0.625. The summed E-state index contributed by atoms with van der Waals surface area (Å²) in [4.78, 5) is 11.8. The summed E-state index contributed by atoms with van der Waals surface area (Å²) in [7, 11) is 0. The topological polar surface area (TPSA) is 55.2 Å². The van der Waals surface area contributed by atoms with Crippen LogP contribution in [0, 0.1) is 16.0 Å². The second-order valence-electron chi connectivity index (χ2n) is 5.91. The van der Waals surface area contributed by atoms with Gasteiger partial charge >= 0.3 is 0 Å². The number of anilines is 1. The Balaban J connectivity index is 2.12. The van der Waals surface area contributed by atoms with Gasteiger partial charge in [-0.1, -0.05) is 26.7 Å². The molecule has 1 aromatic rings. The number of nitrogens with zero attached hydrogens (tertiary/aromatic N) is 1. The number of hydrogen-bond donors (Lipinski definition) is 1. The minimum absolute atomic E-state index is 0.183. The van der Waals surface area contributed by atoms with Gasteiger partial charge in [-0.2, -0.15) is 0 Å². The van der Waals surface area contributed by atoms with Gasteiger partial charge < -0.3 is 5.32 Å². The highest BCUT2D eigenvalue weighted by Gasteiger charge is 2.21. The molecule has 1 saturated carbocycles. The van der Waals surface area contributed by atoms with Crippen LogP contribution in [0.5, 0.6) is 0 Å². The van der Waals surface area contributed by atoms with Gasteiger partial charge in [-0.15, -0.1) is 11.8 Å². The van der Waals surface area contributed by atoms with Crippen molar-refractivity contribution in [3.63, 3.8) is 0 Å². The number of nitrogens with one attached hydrogen (secondary N) is 1. The van der Waals surface area contributed by atoms with Gasteiger partial charge in [-0.25, -0.2) is 0 Å². The lowest BCUT2D eigenvalue weighted by atomic mass is 9.91.